The Balaban J connectivity index is 1.53. The molecule has 0 bridgehead atoms. The second kappa shape index (κ2) is 9.33. The number of amides is 1. The number of rotatable bonds is 7. The SMILES string of the molecule is CC(=NNC(=O)c1ccccc1NS(=O)(=O)c1cccs1)c1sc(-c2cccs2)nc1C. The molecule has 11 heteroatoms. The normalized spacial score (nSPS) is 12.0. The molecule has 3 aromatic heterocycles. The maximum Gasteiger partial charge on any atom is 0.273 e. The molecular weight excluding hydrogens is 485 g/mol. The quantitative estimate of drug-likeness (QED) is 0.268. The van der Waals surface area contributed by atoms with E-state index in [0.29, 0.717) is 5.71 Å². The van der Waals surface area contributed by atoms with Gasteiger partial charge in [0.15, 0.2) is 0 Å². The summed E-state index contributed by atoms with van der Waals surface area (Å²) in [6.07, 6.45) is 0. The molecule has 0 aliphatic rings. The van der Waals surface area contributed by atoms with Crippen LogP contribution in [0.5, 0.6) is 0 Å². The first kappa shape index (κ1) is 22.3. The molecule has 0 aliphatic carbocycles. The number of nitrogens with zero attached hydrogens (tertiary/aromatic N) is 2. The van der Waals surface area contributed by atoms with Crippen molar-refractivity contribution in [3.8, 4) is 9.88 Å². The third kappa shape index (κ3) is 4.80. The zero-order valence-corrected chi connectivity index (χ0v) is 20.3. The predicted octanol–water partition coefficient (Wildman–Crippen LogP) is 5.20. The fourth-order valence-electron chi connectivity index (χ4n) is 2.86. The zero-order chi connectivity index (χ0) is 22.7. The van der Waals surface area contributed by atoms with Crippen LogP contribution in [0.3, 0.4) is 0 Å². The number of hydrogen-bond donors (Lipinski definition) is 2. The lowest BCUT2D eigenvalue weighted by atomic mass is 10.2. The molecule has 0 aliphatic heterocycles. The van der Waals surface area contributed by atoms with E-state index < -0.39 is 15.9 Å². The molecule has 32 heavy (non-hydrogen) atoms. The van der Waals surface area contributed by atoms with Gasteiger partial charge in [0, 0.05) is 0 Å². The summed E-state index contributed by atoms with van der Waals surface area (Å²) in [7, 11) is -3.78. The van der Waals surface area contributed by atoms with Crippen molar-refractivity contribution in [1.82, 2.24) is 10.4 Å². The number of sulfonamides is 1. The first-order valence-electron chi connectivity index (χ1n) is 9.37. The van der Waals surface area contributed by atoms with E-state index in [-0.39, 0.29) is 15.5 Å². The van der Waals surface area contributed by atoms with Gasteiger partial charge < -0.3 is 0 Å². The molecule has 0 atom stereocenters. The Kier molecular flexibility index (Phi) is 6.51. The summed E-state index contributed by atoms with van der Waals surface area (Å²) in [5.41, 5.74) is 4.33. The molecule has 3 heterocycles. The number of thiazole rings is 1. The summed E-state index contributed by atoms with van der Waals surface area (Å²) >= 11 is 4.22. The lowest BCUT2D eigenvalue weighted by Crippen LogP contribution is -2.22. The van der Waals surface area contributed by atoms with Crippen molar-refractivity contribution in [1.29, 1.82) is 0 Å². The first-order chi connectivity index (χ1) is 15.3. The van der Waals surface area contributed by atoms with Crippen LogP contribution in [0.4, 0.5) is 5.69 Å². The van der Waals surface area contributed by atoms with E-state index in [2.05, 4.69) is 20.2 Å². The van der Waals surface area contributed by atoms with Crippen molar-refractivity contribution in [2.24, 2.45) is 5.10 Å². The van der Waals surface area contributed by atoms with Gasteiger partial charge in [-0.3, -0.25) is 9.52 Å². The van der Waals surface area contributed by atoms with Crippen LogP contribution in [0.15, 0.2) is 68.6 Å². The van der Waals surface area contributed by atoms with Gasteiger partial charge in [-0.25, -0.2) is 18.8 Å². The van der Waals surface area contributed by atoms with Crippen LogP contribution in [0.25, 0.3) is 9.88 Å². The molecule has 0 saturated heterocycles. The second-order valence-electron chi connectivity index (χ2n) is 6.63. The molecule has 4 aromatic rings. The van der Waals surface area contributed by atoms with Crippen LogP contribution in [0.1, 0.15) is 27.9 Å². The van der Waals surface area contributed by atoms with Gasteiger partial charge in [0.1, 0.15) is 9.22 Å². The van der Waals surface area contributed by atoms with Crippen molar-refractivity contribution in [3.63, 3.8) is 0 Å². The molecule has 1 amide bonds. The number of anilines is 1. The molecule has 0 fully saturated rings. The van der Waals surface area contributed by atoms with Crippen molar-refractivity contribution >= 4 is 61.3 Å². The van der Waals surface area contributed by atoms with E-state index in [9.17, 15) is 13.2 Å². The molecule has 1 aromatic carbocycles. The van der Waals surface area contributed by atoms with E-state index >= 15 is 0 Å². The minimum atomic E-state index is -3.78. The van der Waals surface area contributed by atoms with Crippen molar-refractivity contribution in [2.75, 3.05) is 4.72 Å². The summed E-state index contributed by atoms with van der Waals surface area (Å²) < 4.78 is 27.8. The molecule has 7 nitrogen and oxygen atoms in total. The molecule has 0 unspecified atom stereocenters. The average Bonchev–Trinajstić information content (AvgIpc) is 3.53. The lowest BCUT2D eigenvalue weighted by molar-refractivity contribution is 0.0955. The fourth-order valence-corrected chi connectivity index (χ4v) is 6.75. The van der Waals surface area contributed by atoms with E-state index in [1.807, 2.05) is 24.4 Å². The van der Waals surface area contributed by atoms with Gasteiger partial charge in [-0.1, -0.05) is 24.3 Å². The Morgan fingerprint density at radius 2 is 1.78 bits per heavy atom. The number of hydrazone groups is 1. The Morgan fingerprint density at radius 1 is 1.03 bits per heavy atom. The Labute approximate surface area is 197 Å². The predicted molar refractivity (Wildman–Crippen MR) is 131 cm³/mol. The second-order valence-corrected chi connectivity index (χ2v) is 11.4. The third-order valence-corrected chi connectivity index (χ3v) is 9.43. The topological polar surface area (TPSA) is 101 Å². The summed E-state index contributed by atoms with van der Waals surface area (Å²) in [6.45, 7) is 3.70. The third-order valence-electron chi connectivity index (χ3n) is 4.36. The average molecular weight is 503 g/mol. The Hall–Kier alpha value is -2.86. The summed E-state index contributed by atoms with van der Waals surface area (Å²) in [4.78, 5) is 19.3. The largest absolute Gasteiger partial charge is 0.278 e. The maximum absolute atomic E-state index is 12.8. The minimum absolute atomic E-state index is 0.170. The summed E-state index contributed by atoms with van der Waals surface area (Å²) in [5, 5.41) is 8.81. The van der Waals surface area contributed by atoms with Crippen LogP contribution in [-0.2, 0) is 10.0 Å². The highest BCUT2D eigenvalue weighted by molar-refractivity contribution is 7.94. The number of benzene rings is 1. The number of thiophene rings is 2. The monoisotopic (exact) mass is 502 g/mol. The number of aryl methyl sites for hydroxylation is 1. The number of para-hydroxylation sites is 1. The Bertz CT molecular complexity index is 1370. The number of hydrogen-bond acceptors (Lipinski definition) is 8. The highest BCUT2D eigenvalue weighted by Gasteiger charge is 2.19. The molecular formula is C21H18N4O3S4. The number of carbonyl (C=O) groups excluding carboxylic acids is 1. The highest BCUT2D eigenvalue weighted by atomic mass is 32.2. The van der Waals surface area contributed by atoms with Crippen LogP contribution >= 0.6 is 34.0 Å². The summed E-state index contributed by atoms with van der Waals surface area (Å²) in [6, 6.07) is 13.5. The highest BCUT2D eigenvalue weighted by Crippen LogP contribution is 2.31. The van der Waals surface area contributed by atoms with E-state index in [1.54, 1.807) is 47.9 Å². The standard InChI is InChI=1S/C21H18N4O3S4/c1-13-19(31-21(22-13)17-9-5-11-29-17)14(2)23-24-20(26)15-7-3-4-8-16(15)25-32(27,28)18-10-6-12-30-18/h3-12,25H,1-2H3,(H,24,26). The fraction of sp³-hybridized carbons (Fsp3) is 0.0952. The number of carbonyl (C=O) groups is 1. The van der Waals surface area contributed by atoms with Crippen LogP contribution < -0.4 is 10.1 Å². The molecule has 4 rings (SSSR count). The van der Waals surface area contributed by atoms with Gasteiger partial charge in [0.25, 0.3) is 15.9 Å². The smallest absolute Gasteiger partial charge is 0.273 e. The molecule has 0 spiro atoms. The number of aromatic nitrogens is 1. The maximum atomic E-state index is 12.8. The van der Waals surface area contributed by atoms with E-state index in [0.717, 1.165) is 31.8 Å². The van der Waals surface area contributed by atoms with Gasteiger partial charge in [0.2, 0.25) is 0 Å². The molecule has 164 valence electrons. The van der Waals surface area contributed by atoms with Gasteiger partial charge in [-0.05, 0) is 48.9 Å². The van der Waals surface area contributed by atoms with Crippen LogP contribution in [-0.4, -0.2) is 25.0 Å². The van der Waals surface area contributed by atoms with Gasteiger partial charge in [-0.15, -0.1) is 34.0 Å². The minimum Gasteiger partial charge on any atom is -0.278 e. The summed E-state index contributed by atoms with van der Waals surface area (Å²) in [5.74, 6) is -0.519. The van der Waals surface area contributed by atoms with Crippen LogP contribution in [0, 0.1) is 6.92 Å². The van der Waals surface area contributed by atoms with Gasteiger partial charge in [0.05, 0.1) is 32.4 Å². The van der Waals surface area contributed by atoms with Gasteiger partial charge >= 0.3 is 0 Å². The Morgan fingerprint density at radius 3 is 2.50 bits per heavy atom. The molecule has 0 saturated carbocycles. The van der Waals surface area contributed by atoms with Gasteiger partial charge in [-0.2, -0.15) is 5.10 Å². The van der Waals surface area contributed by atoms with Crippen molar-refractivity contribution in [3.05, 3.63) is 75.4 Å². The van der Waals surface area contributed by atoms with E-state index in [4.69, 9.17) is 0 Å². The van der Waals surface area contributed by atoms with Crippen molar-refractivity contribution in [2.45, 2.75) is 18.1 Å². The van der Waals surface area contributed by atoms with Crippen LogP contribution in [0.2, 0.25) is 0 Å². The molecule has 0 radical (unpaired) electrons. The zero-order valence-electron chi connectivity index (χ0n) is 17.0. The lowest BCUT2D eigenvalue weighted by Gasteiger charge is -2.11. The van der Waals surface area contributed by atoms with Crippen molar-refractivity contribution < 1.29 is 13.2 Å². The number of nitrogens with one attached hydrogen (secondary N) is 2. The van der Waals surface area contributed by atoms with E-state index in [1.165, 1.54) is 23.5 Å². The first-order valence-corrected chi connectivity index (χ1v) is 13.4. The molecule has 2 N–H and O–H groups in total.